The molecule has 0 aliphatic rings. The molecule has 0 saturated heterocycles. The molecule has 0 aromatic heterocycles. The minimum absolute atomic E-state index is 1.22. The summed E-state index contributed by atoms with van der Waals surface area (Å²) in [5, 5.41) is 0. The third kappa shape index (κ3) is 3.88. The van der Waals surface area contributed by atoms with E-state index in [0.29, 0.717) is 0 Å². The maximum absolute atomic E-state index is 2.88. The molecule has 22 heavy (non-hydrogen) atoms. The van der Waals surface area contributed by atoms with Crippen molar-refractivity contribution in [3.63, 3.8) is 0 Å². The first-order valence-electron chi connectivity index (χ1n) is 8.24. The number of rotatable bonds is 5. The first-order valence-corrected chi connectivity index (χ1v) is 24.9. The molecule has 0 unspecified atom stereocenters. The van der Waals surface area contributed by atoms with Crippen LogP contribution in [0.25, 0.3) is 4.41 Å². The summed E-state index contributed by atoms with van der Waals surface area (Å²) < 4.78 is 1.54. The Hall–Kier alpha value is 0.370. The average molecular weight is 422 g/mol. The fraction of sp³-hybridized carbons (Fsp3) is 0.529. The third-order valence-electron chi connectivity index (χ3n) is 4.99. The fourth-order valence-corrected chi connectivity index (χ4v) is 104. The molecule has 0 aliphatic heterocycles. The van der Waals surface area contributed by atoms with Crippen LogP contribution in [0.2, 0.25) is 58.9 Å². The van der Waals surface area contributed by atoms with Gasteiger partial charge >= 0.3 is 151 Å². The molecule has 0 bridgehead atoms. The molecule has 0 fully saturated rings. The molecular weight excluding hydrogens is 389 g/mol. The van der Waals surface area contributed by atoms with E-state index in [4.69, 9.17) is 0 Å². The summed E-state index contributed by atoms with van der Waals surface area (Å²) in [6, 6.07) is 11.0. The van der Waals surface area contributed by atoms with Crippen LogP contribution in [-0.4, -0.2) is 45.9 Å². The second kappa shape index (κ2) is 6.70. The van der Waals surface area contributed by atoms with E-state index in [1.54, 1.807) is 4.41 Å². The van der Waals surface area contributed by atoms with Gasteiger partial charge in [0.1, 0.15) is 0 Å². The van der Waals surface area contributed by atoms with Gasteiger partial charge in [-0.25, -0.2) is 0 Å². The van der Waals surface area contributed by atoms with E-state index in [0.717, 1.165) is 0 Å². The van der Waals surface area contributed by atoms with Gasteiger partial charge in [-0.2, -0.15) is 0 Å². The van der Waals surface area contributed by atoms with E-state index >= 15 is 0 Å². The molecule has 0 amide bonds. The topological polar surface area (TPSA) is 0 Å². The van der Waals surface area contributed by atoms with Crippen molar-refractivity contribution in [1.82, 2.24) is 0 Å². The van der Waals surface area contributed by atoms with E-state index in [1.807, 2.05) is 0 Å². The molecule has 0 heterocycles. The minimum atomic E-state index is -1.39. The van der Waals surface area contributed by atoms with Gasteiger partial charge in [-0.05, 0) is 0 Å². The first-order chi connectivity index (χ1) is 9.74. The Labute approximate surface area is 150 Å². The molecule has 1 rings (SSSR count). The molecule has 1 aromatic carbocycles. The zero-order valence-electron chi connectivity index (χ0n) is 16.0. The molecule has 1 aromatic rings. The molecule has 0 spiro atoms. The van der Waals surface area contributed by atoms with Gasteiger partial charge in [0.05, 0.1) is 0 Å². The van der Waals surface area contributed by atoms with E-state index < -0.39 is 29.4 Å². The molecule has 0 nitrogen and oxygen atoms in total. The van der Waals surface area contributed by atoms with Crippen molar-refractivity contribution >= 4 is 50.3 Å². The van der Waals surface area contributed by atoms with Crippen LogP contribution in [0.5, 0.6) is 0 Å². The fourth-order valence-electron chi connectivity index (χ4n) is 4.94. The second-order valence-electron chi connectivity index (χ2n) is 9.48. The third-order valence-corrected chi connectivity index (χ3v) is 77.4. The Balaban J connectivity index is 3.66. The predicted molar refractivity (Wildman–Crippen MR) is 116 cm³/mol. The van der Waals surface area contributed by atoms with E-state index in [-0.39, 0.29) is 0 Å². The van der Waals surface area contributed by atoms with E-state index in [9.17, 15) is 0 Å². The van der Waals surface area contributed by atoms with Gasteiger partial charge in [0, 0.05) is 0 Å². The monoisotopic (exact) mass is 423 g/mol. The second-order valence-corrected chi connectivity index (χ2v) is 51.1. The van der Waals surface area contributed by atoms with Gasteiger partial charge in [-0.1, -0.05) is 0 Å². The summed E-state index contributed by atoms with van der Waals surface area (Å²) in [5.74, 6) is 0. The summed E-state index contributed by atoms with van der Waals surface area (Å²) in [7, 11) is -3.65. The predicted octanol–water partition coefficient (Wildman–Crippen LogP) is 5.43. The number of benzene rings is 1. The SMILES string of the molecule is C[Si](C)(C)[Si](C=[C]([Ge])c1ccccc1)([Si](C)(C)C)[Si](C)(C)C. The molecule has 5 heteroatoms. The molecule has 121 valence electrons. The van der Waals surface area contributed by atoms with Gasteiger partial charge in [0.25, 0.3) is 0 Å². The van der Waals surface area contributed by atoms with Crippen molar-refractivity contribution in [3.8, 4) is 0 Å². The van der Waals surface area contributed by atoms with Crippen molar-refractivity contribution in [3.05, 3.63) is 41.6 Å². The van der Waals surface area contributed by atoms with Gasteiger partial charge in [-0.15, -0.1) is 0 Å². The molecule has 0 saturated carbocycles. The molecule has 3 radical (unpaired) electrons. The Morgan fingerprint density at radius 3 is 1.41 bits per heavy atom. The Morgan fingerprint density at radius 1 is 0.727 bits per heavy atom. The Bertz CT molecular complexity index is 494. The summed E-state index contributed by atoms with van der Waals surface area (Å²) >= 11 is 2.36. The van der Waals surface area contributed by atoms with Crippen molar-refractivity contribution in [2.24, 2.45) is 0 Å². The zero-order chi connectivity index (χ0) is 17.4. The van der Waals surface area contributed by atoms with E-state index in [2.05, 4.69) is 111 Å². The van der Waals surface area contributed by atoms with Gasteiger partial charge in [0.15, 0.2) is 0 Å². The Kier molecular flexibility index (Phi) is 6.22. The van der Waals surface area contributed by atoms with Crippen molar-refractivity contribution in [2.75, 3.05) is 0 Å². The first kappa shape index (κ1) is 20.4. The maximum atomic E-state index is 2.88. The molecule has 0 N–H and O–H groups in total. The van der Waals surface area contributed by atoms with Crippen LogP contribution < -0.4 is 0 Å². The molecule has 0 aliphatic carbocycles. The number of hydrogen-bond donors (Lipinski definition) is 0. The quantitative estimate of drug-likeness (QED) is 0.555. The van der Waals surface area contributed by atoms with Gasteiger partial charge in [0.2, 0.25) is 0 Å². The molecule has 0 atom stereocenters. The molecular formula is C17H33GeSi4. The number of hydrogen-bond acceptors (Lipinski definition) is 0. The zero-order valence-corrected chi connectivity index (χ0v) is 22.1. The summed E-state index contributed by atoms with van der Waals surface area (Å²) in [4.78, 5) is 0. The van der Waals surface area contributed by atoms with Crippen LogP contribution in [0.1, 0.15) is 5.56 Å². The van der Waals surface area contributed by atoms with Crippen LogP contribution >= 0.6 is 0 Å². The summed E-state index contributed by atoms with van der Waals surface area (Å²) in [6.45, 7) is 22.5. The van der Waals surface area contributed by atoms with Crippen LogP contribution in [-0.2, 0) is 0 Å². The van der Waals surface area contributed by atoms with Gasteiger partial charge in [-0.3, -0.25) is 0 Å². The van der Waals surface area contributed by atoms with Crippen molar-refractivity contribution < 1.29 is 0 Å². The normalized spacial score (nSPS) is 15.1. The van der Waals surface area contributed by atoms with Crippen LogP contribution in [0.4, 0.5) is 0 Å². The summed E-state index contributed by atoms with van der Waals surface area (Å²) in [6.07, 6.45) is 0. The van der Waals surface area contributed by atoms with Crippen LogP contribution in [0.15, 0.2) is 36.0 Å². The van der Waals surface area contributed by atoms with Gasteiger partial charge < -0.3 is 0 Å². The van der Waals surface area contributed by atoms with Crippen molar-refractivity contribution in [1.29, 1.82) is 0 Å². The van der Waals surface area contributed by atoms with Crippen molar-refractivity contribution in [2.45, 2.75) is 58.9 Å². The average Bonchev–Trinajstić information content (AvgIpc) is 2.32. The van der Waals surface area contributed by atoms with Crippen LogP contribution in [0, 0.1) is 0 Å². The standard InChI is InChI=1S/C17H33GeSi4/c1-19(2,3)22(20(4,5)6,21(7,8)9)15-17(18)16-13-11-10-12-14-16/h10-15H,1-9H3. The van der Waals surface area contributed by atoms with Crippen LogP contribution in [0.3, 0.4) is 0 Å². The Morgan fingerprint density at radius 2 is 1.09 bits per heavy atom. The summed E-state index contributed by atoms with van der Waals surface area (Å²) in [5.41, 5.74) is 4.31. The van der Waals surface area contributed by atoms with E-state index in [1.165, 1.54) is 5.56 Å².